The Morgan fingerprint density at radius 1 is 1.00 bits per heavy atom. The number of hydrogen-bond donors (Lipinski definition) is 1. The van der Waals surface area contributed by atoms with Gasteiger partial charge >= 0.3 is 0 Å². The smallest absolute Gasteiger partial charge is 0.256 e. The van der Waals surface area contributed by atoms with Gasteiger partial charge in [0.15, 0.2) is 11.5 Å². The number of nitrogens with one attached hydrogen (secondary N) is 1. The van der Waals surface area contributed by atoms with Gasteiger partial charge in [-0.1, -0.05) is 24.3 Å². The van der Waals surface area contributed by atoms with E-state index in [0.29, 0.717) is 17.1 Å². The zero-order chi connectivity index (χ0) is 20.0. The predicted octanol–water partition coefficient (Wildman–Crippen LogP) is 4.46. The molecule has 0 saturated heterocycles. The van der Waals surface area contributed by atoms with Crippen molar-refractivity contribution in [1.82, 2.24) is 4.90 Å². The van der Waals surface area contributed by atoms with Gasteiger partial charge in [-0.15, -0.1) is 0 Å². The second kappa shape index (κ2) is 6.77. The fourth-order valence-electron chi connectivity index (χ4n) is 3.68. The summed E-state index contributed by atoms with van der Waals surface area (Å²) in [5.41, 5.74) is 2.26. The highest BCUT2D eigenvalue weighted by Gasteiger charge is 2.37. The molecule has 0 fully saturated rings. The fraction of sp³-hybridized carbons (Fsp3) is 0.136. The van der Waals surface area contributed by atoms with E-state index in [-0.39, 0.29) is 24.9 Å². The van der Waals surface area contributed by atoms with Gasteiger partial charge in [0.25, 0.3) is 5.91 Å². The second-order valence-corrected chi connectivity index (χ2v) is 6.88. The van der Waals surface area contributed by atoms with Gasteiger partial charge in [-0.25, -0.2) is 8.78 Å². The minimum atomic E-state index is -0.718. The first kappa shape index (κ1) is 17.5. The molecule has 2 heterocycles. The van der Waals surface area contributed by atoms with E-state index < -0.39 is 17.8 Å². The summed E-state index contributed by atoms with van der Waals surface area (Å²) < 4.78 is 38.3. The van der Waals surface area contributed by atoms with Crippen LogP contribution in [0.4, 0.5) is 14.5 Å². The molecule has 146 valence electrons. The van der Waals surface area contributed by atoms with Gasteiger partial charge in [0.05, 0.1) is 5.69 Å². The van der Waals surface area contributed by atoms with Gasteiger partial charge in [0.1, 0.15) is 17.8 Å². The molecule has 1 N–H and O–H groups in total. The molecular weight excluding hydrogens is 378 g/mol. The topological polar surface area (TPSA) is 50.8 Å². The lowest BCUT2D eigenvalue weighted by Crippen LogP contribution is -2.32. The Morgan fingerprint density at radius 3 is 2.69 bits per heavy atom. The van der Waals surface area contributed by atoms with Gasteiger partial charge in [-0.2, -0.15) is 0 Å². The van der Waals surface area contributed by atoms with Crippen LogP contribution in [-0.2, 0) is 6.54 Å². The highest BCUT2D eigenvalue weighted by Crippen LogP contribution is 2.38. The SMILES string of the molecule is O=C1c2ccccc2C(Nc2ccc(F)cc2F)N1Cc1ccc2c(c1)OCO2. The molecule has 5 rings (SSSR count). The van der Waals surface area contributed by atoms with Crippen LogP contribution in [0.2, 0.25) is 0 Å². The van der Waals surface area contributed by atoms with Crippen molar-refractivity contribution in [2.24, 2.45) is 0 Å². The number of rotatable bonds is 4. The van der Waals surface area contributed by atoms with Crippen LogP contribution in [0.3, 0.4) is 0 Å². The van der Waals surface area contributed by atoms with Crippen LogP contribution < -0.4 is 14.8 Å². The molecule has 1 amide bonds. The van der Waals surface area contributed by atoms with Gasteiger partial charge in [0, 0.05) is 23.7 Å². The third kappa shape index (κ3) is 3.04. The van der Waals surface area contributed by atoms with Crippen molar-refractivity contribution in [1.29, 1.82) is 0 Å². The number of nitrogens with zero attached hydrogens (tertiary/aromatic N) is 1. The van der Waals surface area contributed by atoms with Crippen LogP contribution in [-0.4, -0.2) is 17.6 Å². The van der Waals surface area contributed by atoms with E-state index in [1.54, 1.807) is 23.1 Å². The van der Waals surface area contributed by atoms with Crippen LogP contribution >= 0.6 is 0 Å². The van der Waals surface area contributed by atoms with Crippen LogP contribution in [0.25, 0.3) is 0 Å². The van der Waals surface area contributed by atoms with E-state index >= 15 is 0 Å². The highest BCUT2D eigenvalue weighted by molar-refractivity contribution is 5.99. The molecule has 1 unspecified atom stereocenters. The molecule has 7 heteroatoms. The zero-order valence-corrected chi connectivity index (χ0v) is 15.2. The average Bonchev–Trinajstić information content (AvgIpc) is 3.28. The van der Waals surface area contributed by atoms with Gasteiger partial charge < -0.3 is 19.7 Å². The number of benzene rings is 3. The Labute approximate surface area is 165 Å². The van der Waals surface area contributed by atoms with Gasteiger partial charge in [0.2, 0.25) is 6.79 Å². The van der Waals surface area contributed by atoms with Gasteiger partial charge in [-0.3, -0.25) is 4.79 Å². The molecule has 0 aromatic heterocycles. The minimum Gasteiger partial charge on any atom is -0.454 e. The van der Waals surface area contributed by atoms with Crippen molar-refractivity contribution >= 4 is 11.6 Å². The lowest BCUT2D eigenvalue weighted by Gasteiger charge is -2.27. The summed E-state index contributed by atoms with van der Waals surface area (Å²) in [5.74, 6) is -0.259. The monoisotopic (exact) mass is 394 g/mol. The number of halogens is 2. The van der Waals surface area contributed by atoms with Crippen molar-refractivity contribution in [2.75, 3.05) is 12.1 Å². The number of carbonyl (C=O) groups is 1. The Balaban J connectivity index is 1.49. The summed E-state index contributed by atoms with van der Waals surface area (Å²) in [4.78, 5) is 14.7. The number of anilines is 1. The molecule has 0 bridgehead atoms. The third-order valence-corrected chi connectivity index (χ3v) is 5.07. The Kier molecular flexibility index (Phi) is 4.08. The first-order valence-corrected chi connectivity index (χ1v) is 9.10. The van der Waals surface area contributed by atoms with E-state index in [0.717, 1.165) is 17.2 Å². The van der Waals surface area contributed by atoms with Crippen LogP contribution in [0, 0.1) is 11.6 Å². The first-order chi connectivity index (χ1) is 14.1. The predicted molar refractivity (Wildman–Crippen MR) is 102 cm³/mol. The van der Waals surface area contributed by atoms with Crippen LogP contribution in [0.5, 0.6) is 11.5 Å². The molecule has 0 spiro atoms. The van der Waals surface area contributed by atoms with Crippen molar-refractivity contribution in [3.8, 4) is 11.5 Å². The number of carbonyl (C=O) groups excluding carboxylic acids is 1. The van der Waals surface area contributed by atoms with E-state index in [4.69, 9.17) is 9.47 Å². The molecule has 0 aliphatic carbocycles. The zero-order valence-electron chi connectivity index (χ0n) is 15.2. The quantitative estimate of drug-likeness (QED) is 0.710. The largest absolute Gasteiger partial charge is 0.454 e. The molecule has 0 radical (unpaired) electrons. The number of hydrogen-bond acceptors (Lipinski definition) is 4. The molecule has 2 aliphatic heterocycles. The second-order valence-electron chi connectivity index (χ2n) is 6.88. The Bertz CT molecular complexity index is 1120. The molecule has 29 heavy (non-hydrogen) atoms. The van der Waals surface area contributed by atoms with Crippen molar-refractivity contribution in [3.05, 3.63) is 89.0 Å². The standard InChI is InChI=1S/C22H16F2N2O3/c23-14-6-7-18(17(24)10-14)25-21-15-3-1-2-4-16(15)22(27)26(21)11-13-5-8-19-20(9-13)29-12-28-19/h1-10,21,25H,11-12H2. The van der Waals surface area contributed by atoms with E-state index in [1.807, 2.05) is 24.3 Å². The van der Waals surface area contributed by atoms with E-state index in [1.165, 1.54) is 12.1 Å². The lowest BCUT2D eigenvalue weighted by molar-refractivity contribution is 0.0728. The molecular formula is C22H16F2N2O3. The van der Waals surface area contributed by atoms with Crippen molar-refractivity contribution in [2.45, 2.75) is 12.7 Å². The summed E-state index contributed by atoms with van der Waals surface area (Å²) in [6.45, 7) is 0.450. The maximum atomic E-state index is 14.2. The Hall–Kier alpha value is -3.61. The Morgan fingerprint density at radius 2 is 1.83 bits per heavy atom. The first-order valence-electron chi connectivity index (χ1n) is 9.10. The number of fused-ring (bicyclic) bond motifs is 2. The molecule has 0 saturated carbocycles. The fourth-order valence-corrected chi connectivity index (χ4v) is 3.68. The van der Waals surface area contributed by atoms with E-state index in [9.17, 15) is 13.6 Å². The normalized spacial score (nSPS) is 16.8. The lowest BCUT2D eigenvalue weighted by atomic mass is 10.1. The average molecular weight is 394 g/mol. The summed E-state index contributed by atoms with van der Waals surface area (Å²) in [6.07, 6.45) is -0.593. The number of ether oxygens (including phenoxy) is 2. The van der Waals surface area contributed by atoms with E-state index in [2.05, 4.69) is 5.32 Å². The molecule has 1 atom stereocenters. The van der Waals surface area contributed by atoms with Crippen molar-refractivity contribution in [3.63, 3.8) is 0 Å². The van der Waals surface area contributed by atoms with Gasteiger partial charge in [-0.05, 0) is 35.9 Å². The molecule has 3 aromatic carbocycles. The molecule has 5 nitrogen and oxygen atoms in total. The van der Waals surface area contributed by atoms with Crippen LogP contribution in [0.1, 0.15) is 27.7 Å². The maximum Gasteiger partial charge on any atom is 0.256 e. The number of amides is 1. The summed E-state index contributed by atoms with van der Waals surface area (Å²) in [5, 5.41) is 3.05. The third-order valence-electron chi connectivity index (χ3n) is 5.07. The summed E-state index contributed by atoms with van der Waals surface area (Å²) in [7, 11) is 0. The van der Waals surface area contributed by atoms with Crippen molar-refractivity contribution < 1.29 is 23.0 Å². The summed E-state index contributed by atoms with van der Waals surface area (Å²) >= 11 is 0. The molecule has 2 aliphatic rings. The summed E-state index contributed by atoms with van der Waals surface area (Å²) in [6, 6.07) is 16.0. The molecule has 3 aromatic rings. The maximum absolute atomic E-state index is 14.2. The highest BCUT2D eigenvalue weighted by atomic mass is 19.1. The minimum absolute atomic E-state index is 0.122. The van der Waals surface area contributed by atoms with Crippen LogP contribution in [0.15, 0.2) is 60.7 Å².